The van der Waals surface area contributed by atoms with Crippen molar-refractivity contribution in [2.24, 2.45) is 0 Å². The van der Waals surface area contributed by atoms with Crippen LogP contribution in [0, 0.1) is 0 Å². The molecule has 1 N–H and O–H groups in total. The number of carboxylic acid groups (broad SMARTS) is 1. The minimum absolute atomic E-state index is 0.0555. The molecule has 0 radical (unpaired) electrons. The third-order valence-corrected chi connectivity index (χ3v) is 3.99. The molecule has 0 aliphatic rings. The fourth-order valence-electron chi connectivity index (χ4n) is 2.31. The van der Waals surface area contributed by atoms with E-state index in [0.717, 1.165) is 4.68 Å². The zero-order valence-corrected chi connectivity index (χ0v) is 13.2. The molecular formula is C16H10Cl2N2O3. The smallest absolute Gasteiger partial charge is 0.357 e. The van der Waals surface area contributed by atoms with Gasteiger partial charge < -0.3 is 5.11 Å². The molecule has 1 aromatic heterocycles. The summed E-state index contributed by atoms with van der Waals surface area (Å²) in [5.74, 6) is -1.20. The number of nitrogens with zero attached hydrogens (tertiary/aromatic N) is 2. The van der Waals surface area contributed by atoms with Gasteiger partial charge in [-0.05, 0) is 23.8 Å². The van der Waals surface area contributed by atoms with Crippen molar-refractivity contribution in [1.82, 2.24) is 9.78 Å². The second-order valence-corrected chi connectivity index (χ2v) is 5.74. The first-order valence-corrected chi connectivity index (χ1v) is 7.40. The topological polar surface area (TPSA) is 72.2 Å². The van der Waals surface area contributed by atoms with Gasteiger partial charge in [-0.1, -0.05) is 47.5 Å². The molecule has 0 aliphatic heterocycles. The lowest BCUT2D eigenvalue weighted by molar-refractivity contribution is 0.0690. The zero-order valence-electron chi connectivity index (χ0n) is 11.7. The Morgan fingerprint density at radius 2 is 1.83 bits per heavy atom. The van der Waals surface area contributed by atoms with Crippen LogP contribution in [0.1, 0.15) is 16.1 Å². The number of rotatable bonds is 3. The third kappa shape index (κ3) is 2.93. The van der Waals surface area contributed by atoms with Crippen molar-refractivity contribution in [3.8, 4) is 0 Å². The van der Waals surface area contributed by atoms with E-state index < -0.39 is 5.97 Å². The van der Waals surface area contributed by atoms with E-state index in [0.29, 0.717) is 26.4 Å². The van der Waals surface area contributed by atoms with E-state index in [1.165, 1.54) is 0 Å². The summed E-state index contributed by atoms with van der Waals surface area (Å²) in [6, 6.07) is 11.4. The van der Waals surface area contributed by atoms with Crippen molar-refractivity contribution in [3.05, 3.63) is 74.1 Å². The average Bonchev–Trinajstić information content (AvgIpc) is 2.52. The summed E-state index contributed by atoms with van der Waals surface area (Å²) in [6.07, 6.45) is 0. The Hall–Kier alpha value is -2.37. The zero-order chi connectivity index (χ0) is 16.6. The van der Waals surface area contributed by atoms with Crippen molar-refractivity contribution >= 4 is 39.9 Å². The van der Waals surface area contributed by atoms with E-state index in [2.05, 4.69) is 5.10 Å². The van der Waals surface area contributed by atoms with Gasteiger partial charge in [0.15, 0.2) is 5.69 Å². The summed E-state index contributed by atoms with van der Waals surface area (Å²) in [5, 5.41) is 14.8. The van der Waals surface area contributed by atoms with Crippen LogP contribution in [0.4, 0.5) is 0 Å². The van der Waals surface area contributed by atoms with E-state index in [4.69, 9.17) is 23.2 Å². The van der Waals surface area contributed by atoms with Crippen LogP contribution >= 0.6 is 23.2 Å². The fraction of sp³-hybridized carbons (Fsp3) is 0.0625. The van der Waals surface area contributed by atoms with Gasteiger partial charge in [0.05, 0.1) is 11.9 Å². The minimum atomic E-state index is -1.20. The molecule has 0 amide bonds. The van der Waals surface area contributed by atoms with Gasteiger partial charge in [-0.2, -0.15) is 5.10 Å². The monoisotopic (exact) mass is 348 g/mol. The Morgan fingerprint density at radius 3 is 2.48 bits per heavy atom. The predicted octanol–water partition coefficient (Wildman–Crippen LogP) is 3.45. The van der Waals surface area contributed by atoms with Crippen LogP contribution in [0.2, 0.25) is 10.0 Å². The number of halogens is 2. The molecule has 7 heteroatoms. The number of hydrogen-bond acceptors (Lipinski definition) is 3. The maximum Gasteiger partial charge on any atom is 0.357 e. The molecule has 1 heterocycles. The fourth-order valence-corrected chi connectivity index (χ4v) is 2.78. The minimum Gasteiger partial charge on any atom is -0.476 e. The van der Waals surface area contributed by atoms with Gasteiger partial charge in [0, 0.05) is 15.4 Å². The highest BCUT2D eigenvalue weighted by Gasteiger charge is 2.16. The van der Waals surface area contributed by atoms with E-state index in [1.807, 2.05) is 0 Å². The molecule has 23 heavy (non-hydrogen) atoms. The van der Waals surface area contributed by atoms with Crippen LogP contribution in [-0.2, 0) is 6.54 Å². The van der Waals surface area contributed by atoms with Gasteiger partial charge in [0.2, 0.25) is 0 Å². The van der Waals surface area contributed by atoms with Crippen LogP contribution in [0.5, 0.6) is 0 Å². The predicted molar refractivity (Wildman–Crippen MR) is 88.5 cm³/mol. The van der Waals surface area contributed by atoms with Crippen molar-refractivity contribution < 1.29 is 9.90 Å². The van der Waals surface area contributed by atoms with Crippen LogP contribution in [0.3, 0.4) is 0 Å². The van der Waals surface area contributed by atoms with Gasteiger partial charge >= 0.3 is 5.97 Å². The normalized spacial score (nSPS) is 10.9. The van der Waals surface area contributed by atoms with Gasteiger partial charge in [0.25, 0.3) is 5.56 Å². The number of hydrogen-bond donors (Lipinski definition) is 1. The largest absolute Gasteiger partial charge is 0.476 e. The number of carboxylic acids is 1. The van der Waals surface area contributed by atoms with E-state index in [-0.39, 0.29) is 17.8 Å². The molecule has 116 valence electrons. The van der Waals surface area contributed by atoms with Gasteiger partial charge in [0.1, 0.15) is 0 Å². The third-order valence-electron chi connectivity index (χ3n) is 3.41. The summed E-state index contributed by atoms with van der Waals surface area (Å²) in [6.45, 7) is 0.0555. The Bertz CT molecular complexity index is 983. The molecule has 0 aliphatic carbocycles. The average molecular weight is 349 g/mol. The van der Waals surface area contributed by atoms with E-state index in [9.17, 15) is 14.7 Å². The molecule has 0 saturated carbocycles. The second-order valence-electron chi connectivity index (χ2n) is 4.90. The number of fused-ring (bicyclic) bond motifs is 1. The summed E-state index contributed by atoms with van der Waals surface area (Å²) in [7, 11) is 0. The number of benzene rings is 2. The van der Waals surface area contributed by atoms with Gasteiger partial charge in [-0.15, -0.1) is 0 Å². The summed E-state index contributed by atoms with van der Waals surface area (Å²) < 4.78 is 1.10. The summed E-state index contributed by atoms with van der Waals surface area (Å²) in [4.78, 5) is 23.9. The SMILES string of the molecule is O=C(O)c1nn(Cc2ccc(Cl)cc2Cl)c(=O)c2ccccc12. The number of aromatic nitrogens is 2. The summed E-state index contributed by atoms with van der Waals surface area (Å²) in [5.41, 5.74) is 0.0687. The molecule has 0 atom stereocenters. The Morgan fingerprint density at radius 1 is 1.13 bits per heavy atom. The molecule has 3 aromatic rings. The van der Waals surface area contributed by atoms with Crippen molar-refractivity contribution in [3.63, 3.8) is 0 Å². The van der Waals surface area contributed by atoms with Crippen LogP contribution < -0.4 is 5.56 Å². The maximum atomic E-state index is 12.5. The lowest BCUT2D eigenvalue weighted by atomic mass is 10.1. The molecule has 3 rings (SSSR count). The number of aromatic carboxylic acids is 1. The molecule has 0 saturated heterocycles. The molecule has 5 nitrogen and oxygen atoms in total. The van der Waals surface area contributed by atoms with Crippen molar-refractivity contribution in [1.29, 1.82) is 0 Å². The highest BCUT2D eigenvalue weighted by atomic mass is 35.5. The second kappa shape index (κ2) is 6.02. The van der Waals surface area contributed by atoms with Crippen molar-refractivity contribution in [2.45, 2.75) is 6.54 Å². The number of carbonyl (C=O) groups is 1. The lowest BCUT2D eigenvalue weighted by Crippen LogP contribution is -2.26. The molecule has 0 bridgehead atoms. The first kappa shape index (κ1) is 15.5. The highest BCUT2D eigenvalue weighted by Crippen LogP contribution is 2.22. The van der Waals surface area contributed by atoms with Crippen LogP contribution in [-0.4, -0.2) is 20.9 Å². The first-order valence-electron chi connectivity index (χ1n) is 6.64. The van der Waals surface area contributed by atoms with Crippen molar-refractivity contribution in [2.75, 3.05) is 0 Å². The quantitative estimate of drug-likeness (QED) is 0.786. The maximum absolute atomic E-state index is 12.5. The molecular weight excluding hydrogens is 339 g/mol. The standard InChI is InChI=1S/C16H10Cl2N2O3/c17-10-6-5-9(13(18)7-10)8-20-15(21)12-4-2-1-3-11(12)14(19-20)16(22)23/h1-7H,8H2,(H,22,23). The summed E-state index contributed by atoms with van der Waals surface area (Å²) >= 11 is 12.0. The van der Waals surface area contributed by atoms with Crippen LogP contribution in [0.25, 0.3) is 10.8 Å². The highest BCUT2D eigenvalue weighted by molar-refractivity contribution is 6.35. The lowest BCUT2D eigenvalue weighted by Gasteiger charge is -2.10. The molecule has 0 spiro atoms. The van der Waals surface area contributed by atoms with Gasteiger partial charge in [-0.25, -0.2) is 9.48 Å². The molecule has 0 fully saturated rings. The Kier molecular flexibility index (Phi) is 4.07. The molecule has 2 aromatic carbocycles. The van der Waals surface area contributed by atoms with E-state index >= 15 is 0 Å². The Balaban J connectivity index is 2.20. The van der Waals surface area contributed by atoms with Crippen LogP contribution in [0.15, 0.2) is 47.3 Å². The first-order chi connectivity index (χ1) is 11.0. The van der Waals surface area contributed by atoms with Gasteiger partial charge in [-0.3, -0.25) is 4.79 Å². The Labute approximate surface area is 140 Å². The molecule has 0 unspecified atom stereocenters. The van der Waals surface area contributed by atoms with E-state index in [1.54, 1.807) is 42.5 Å².